The monoisotopic (exact) mass is 657 g/mol. The zero-order chi connectivity index (χ0) is 33.8. The highest BCUT2D eigenvalue weighted by atomic mass is 16.6. The fraction of sp³-hybridized carbons (Fsp3) is 0.211. The number of hydrogen-bond acceptors (Lipinski definition) is 9. The van der Waals surface area contributed by atoms with Gasteiger partial charge in [-0.15, -0.1) is 0 Å². The fourth-order valence-electron chi connectivity index (χ4n) is 6.40. The molecule has 4 aromatic carbocycles. The molecular formula is C38H35N5O6. The molecular weight excluding hydrogens is 622 g/mol. The molecule has 1 aliphatic rings. The van der Waals surface area contributed by atoms with Crippen molar-refractivity contribution < 1.29 is 28.8 Å². The van der Waals surface area contributed by atoms with Gasteiger partial charge < -0.3 is 29.4 Å². The van der Waals surface area contributed by atoms with Crippen LogP contribution in [0.25, 0.3) is 11.2 Å². The summed E-state index contributed by atoms with van der Waals surface area (Å²) in [7, 11) is 3.21. The molecule has 2 aromatic heterocycles. The van der Waals surface area contributed by atoms with Crippen molar-refractivity contribution in [2.24, 2.45) is 0 Å². The van der Waals surface area contributed by atoms with E-state index < -0.39 is 24.0 Å². The van der Waals surface area contributed by atoms with E-state index in [1.165, 1.54) is 6.33 Å². The van der Waals surface area contributed by atoms with Crippen molar-refractivity contribution in [3.05, 3.63) is 144 Å². The third kappa shape index (κ3) is 5.99. The quantitative estimate of drug-likeness (QED) is 0.167. The second-order valence-corrected chi connectivity index (χ2v) is 11.6. The summed E-state index contributed by atoms with van der Waals surface area (Å²) in [5.74, 6) is 1.06. The van der Waals surface area contributed by atoms with Crippen molar-refractivity contribution in [2.75, 3.05) is 26.1 Å². The highest BCUT2D eigenvalue weighted by molar-refractivity contribution is 6.06. The van der Waals surface area contributed by atoms with E-state index in [0.29, 0.717) is 28.2 Å². The van der Waals surface area contributed by atoms with Gasteiger partial charge in [0.1, 0.15) is 24.3 Å². The number of carbonyl (C=O) groups excluding carboxylic acids is 1. The van der Waals surface area contributed by atoms with Crippen LogP contribution in [0.2, 0.25) is 0 Å². The molecule has 11 nitrogen and oxygen atoms in total. The van der Waals surface area contributed by atoms with Crippen molar-refractivity contribution in [3.63, 3.8) is 0 Å². The average Bonchev–Trinajstić information content (AvgIpc) is 3.76. The molecule has 7 rings (SSSR count). The SMILES string of the molecule is COc1cccc(C(OC[C@H]2O[C@@H](n3cnc4c(NC(=O)c5ccccc5)ncnc43)C[C@@H]2O)(c2ccccc2)c2ccccc2)c1OC. The average molecular weight is 658 g/mol. The Kier molecular flexibility index (Phi) is 9.03. The van der Waals surface area contributed by atoms with E-state index >= 15 is 0 Å². The zero-order valence-corrected chi connectivity index (χ0v) is 27.0. The number of carbonyl (C=O) groups is 1. The molecule has 0 radical (unpaired) electrons. The standard InChI is InChI=1S/C38H35N5O6/c1-46-30-20-12-19-28(34(30)47-2)38(26-15-8-4-9-16-26,27-17-10-5-11-18-27)48-22-31-29(44)21-32(49-31)43-24-41-33-35(39-23-40-36(33)43)42-37(45)25-13-6-3-7-14-25/h3-20,23-24,29,31-32,44H,21-22H2,1-2H3,(H,39,40,42,45)/t29-,31+,32+/m0/s1. The van der Waals surface area contributed by atoms with Gasteiger partial charge in [-0.05, 0) is 29.3 Å². The summed E-state index contributed by atoms with van der Waals surface area (Å²) in [4.78, 5) is 26.1. The second-order valence-electron chi connectivity index (χ2n) is 11.6. The number of aliphatic hydroxyl groups excluding tert-OH is 1. The predicted octanol–water partition coefficient (Wildman–Crippen LogP) is 5.75. The molecule has 0 spiro atoms. The maximum absolute atomic E-state index is 12.9. The highest BCUT2D eigenvalue weighted by Gasteiger charge is 2.44. The van der Waals surface area contributed by atoms with Crippen LogP contribution in [0.15, 0.2) is 122 Å². The molecule has 49 heavy (non-hydrogen) atoms. The number of rotatable bonds is 11. The summed E-state index contributed by atoms with van der Waals surface area (Å²) in [6, 6.07) is 34.3. The first-order valence-corrected chi connectivity index (χ1v) is 15.9. The van der Waals surface area contributed by atoms with Crippen LogP contribution in [0.3, 0.4) is 0 Å². The van der Waals surface area contributed by atoms with E-state index in [2.05, 4.69) is 20.3 Å². The molecule has 0 unspecified atom stereocenters. The zero-order valence-electron chi connectivity index (χ0n) is 27.0. The summed E-state index contributed by atoms with van der Waals surface area (Å²) in [5, 5.41) is 14.2. The fourth-order valence-corrected chi connectivity index (χ4v) is 6.40. The number of para-hydroxylation sites is 1. The molecule has 3 atom stereocenters. The van der Waals surface area contributed by atoms with Crippen LogP contribution in [0.5, 0.6) is 11.5 Å². The Morgan fingerprint density at radius 1 is 0.878 bits per heavy atom. The number of imidazole rings is 1. The van der Waals surface area contributed by atoms with Gasteiger partial charge >= 0.3 is 0 Å². The van der Waals surface area contributed by atoms with Gasteiger partial charge in [-0.3, -0.25) is 9.36 Å². The summed E-state index contributed by atoms with van der Waals surface area (Å²) in [5.41, 5.74) is 2.65. The van der Waals surface area contributed by atoms with Crippen LogP contribution in [0.1, 0.15) is 39.7 Å². The number of amides is 1. The predicted molar refractivity (Wildman–Crippen MR) is 183 cm³/mol. The van der Waals surface area contributed by atoms with Crippen LogP contribution >= 0.6 is 0 Å². The van der Waals surface area contributed by atoms with Gasteiger partial charge in [0.25, 0.3) is 5.91 Å². The number of nitrogens with zero attached hydrogens (tertiary/aromatic N) is 4. The number of benzene rings is 4. The Morgan fingerprint density at radius 2 is 1.55 bits per heavy atom. The van der Waals surface area contributed by atoms with Gasteiger partial charge in [-0.25, -0.2) is 15.0 Å². The lowest BCUT2D eigenvalue weighted by molar-refractivity contribution is -0.0935. The van der Waals surface area contributed by atoms with Crippen LogP contribution in [-0.2, 0) is 15.1 Å². The summed E-state index contributed by atoms with van der Waals surface area (Å²) in [6.07, 6.45) is 1.04. The maximum Gasteiger partial charge on any atom is 0.256 e. The lowest BCUT2D eigenvalue weighted by Crippen LogP contribution is -2.38. The number of methoxy groups -OCH3 is 2. The molecule has 1 saturated heterocycles. The number of aliphatic hydroxyl groups is 1. The largest absolute Gasteiger partial charge is 0.493 e. The van der Waals surface area contributed by atoms with Crippen molar-refractivity contribution in [2.45, 2.75) is 30.5 Å². The van der Waals surface area contributed by atoms with Crippen LogP contribution in [-0.4, -0.2) is 63.6 Å². The number of nitrogens with one attached hydrogen (secondary N) is 1. The maximum atomic E-state index is 12.9. The molecule has 11 heteroatoms. The number of aromatic nitrogens is 4. The number of ether oxygens (including phenoxy) is 4. The molecule has 1 aliphatic heterocycles. The molecule has 1 amide bonds. The van der Waals surface area contributed by atoms with E-state index in [1.54, 1.807) is 49.4 Å². The smallest absolute Gasteiger partial charge is 0.256 e. The summed E-state index contributed by atoms with van der Waals surface area (Å²) >= 11 is 0. The molecule has 0 saturated carbocycles. The van der Waals surface area contributed by atoms with Crippen molar-refractivity contribution >= 4 is 22.9 Å². The van der Waals surface area contributed by atoms with Gasteiger partial charge in [0.05, 0.1) is 33.3 Å². The van der Waals surface area contributed by atoms with Gasteiger partial charge in [0, 0.05) is 17.5 Å². The molecule has 1 fully saturated rings. The topological polar surface area (TPSA) is 130 Å². The van der Waals surface area contributed by atoms with Crippen molar-refractivity contribution in [1.82, 2.24) is 19.5 Å². The normalized spacial score (nSPS) is 17.6. The Balaban J connectivity index is 1.20. The Morgan fingerprint density at radius 3 is 2.20 bits per heavy atom. The van der Waals surface area contributed by atoms with E-state index in [4.69, 9.17) is 18.9 Å². The first-order chi connectivity index (χ1) is 24.0. The van der Waals surface area contributed by atoms with E-state index in [0.717, 1.165) is 16.7 Å². The number of hydrogen-bond donors (Lipinski definition) is 2. The first kappa shape index (κ1) is 32.0. The Bertz CT molecular complexity index is 2000. The van der Waals surface area contributed by atoms with Gasteiger partial charge in [-0.2, -0.15) is 0 Å². The van der Waals surface area contributed by atoms with Crippen LogP contribution in [0.4, 0.5) is 5.82 Å². The lowest BCUT2D eigenvalue weighted by Gasteiger charge is -2.38. The van der Waals surface area contributed by atoms with Gasteiger partial charge in [-0.1, -0.05) is 91.0 Å². The van der Waals surface area contributed by atoms with Crippen LogP contribution < -0.4 is 14.8 Å². The third-order valence-electron chi connectivity index (χ3n) is 8.75. The van der Waals surface area contributed by atoms with E-state index in [9.17, 15) is 9.90 Å². The van der Waals surface area contributed by atoms with Crippen molar-refractivity contribution in [1.29, 1.82) is 0 Å². The summed E-state index contributed by atoms with van der Waals surface area (Å²) < 4.78 is 26.9. The van der Waals surface area contributed by atoms with Crippen LogP contribution in [0, 0.1) is 0 Å². The Hall–Kier alpha value is -5.62. The Labute approximate surface area is 283 Å². The molecule has 3 heterocycles. The molecule has 2 N–H and O–H groups in total. The first-order valence-electron chi connectivity index (χ1n) is 15.9. The molecule has 248 valence electrons. The van der Waals surface area contributed by atoms with E-state index in [-0.39, 0.29) is 24.8 Å². The molecule has 0 aliphatic carbocycles. The molecule has 6 aromatic rings. The minimum Gasteiger partial charge on any atom is -0.493 e. The minimum atomic E-state index is -1.16. The number of fused-ring (bicyclic) bond motifs is 1. The van der Waals surface area contributed by atoms with Gasteiger partial charge in [0.15, 0.2) is 28.5 Å². The molecule has 0 bridgehead atoms. The summed E-state index contributed by atoms with van der Waals surface area (Å²) in [6.45, 7) is 0.0296. The third-order valence-corrected chi connectivity index (χ3v) is 8.75. The number of anilines is 1. The highest BCUT2D eigenvalue weighted by Crippen LogP contribution is 2.48. The second kappa shape index (κ2) is 13.9. The van der Waals surface area contributed by atoms with E-state index in [1.807, 2.05) is 84.9 Å². The minimum absolute atomic E-state index is 0.0296. The van der Waals surface area contributed by atoms with Crippen molar-refractivity contribution in [3.8, 4) is 11.5 Å². The lowest BCUT2D eigenvalue weighted by atomic mass is 9.79. The van der Waals surface area contributed by atoms with Gasteiger partial charge in [0.2, 0.25) is 0 Å².